The molecule has 0 aliphatic carbocycles. The molecule has 0 amide bonds. The third-order valence-corrected chi connectivity index (χ3v) is 3.13. The molecule has 16 heavy (non-hydrogen) atoms. The van der Waals surface area contributed by atoms with E-state index in [4.69, 9.17) is 4.52 Å². The lowest BCUT2D eigenvalue weighted by Gasteiger charge is -2.11. The van der Waals surface area contributed by atoms with Crippen molar-refractivity contribution in [3.8, 4) is 0 Å². The first-order valence-corrected chi connectivity index (χ1v) is 6.00. The second-order valence-electron chi connectivity index (χ2n) is 4.39. The van der Waals surface area contributed by atoms with E-state index in [-0.39, 0.29) is 0 Å². The van der Waals surface area contributed by atoms with Crippen molar-refractivity contribution in [2.75, 3.05) is 26.7 Å². The number of rotatable bonds is 5. The molecule has 1 unspecified atom stereocenters. The molecule has 2 heterocycles. The molecule has 0 bridgehead atoms. The summed E-state index contributed by atoms with van der Waals surface area (Å²) in [6.45, 7) is 6.39. The zero-order valence-electron chi connectivity index (χ0n) is 10.1. The highest BCUT2D eigenvalue weighted by molar-refractivity contribution is 4.90. The van der Waals surface area contributed by atoms with Gasteiger partial charge >= 0.3 is 0 Å². The van der Waals surface area contributed by atoms with E-state index in [9.17, 15) is 0 Å². The second kappa shape index (κ2) is 5.41. The third-order valence-electron chi connectivity index (χ3n) is 3.13. The van der Waals surface area contributed by atoms with Crippen LogP contribution in [0.5, 0.6) is 0 Å². The maximum atomic E-state index is 5.13. The fourth-order valence-electron chi connectivity index (χ4n) is 2.22. The van der Waals surface area contributed by atoms with Crippen molar-refractivity contribution < 1.29 is 4.52 Å². The predicted molar refractivity (Wildman–Crippen MR) is 61.0 cm³/mol. The fourth-order valence-corrected chi connectivity index (χ4v) is 2.22. The van der Waals surface area contributed by atoms with E-state index in [0.717, 1.165) is 18.8 Å². The lowest BCUT2D eigenvalue weighted by atomic mass is 10.1. The van der Waals surface area contributed by atoms with Crippen LogP contribution < -0.4 is 5.32 Å². The highest BCUT2D eigenvalue weighted by Crippen LogP contribution is 2.19. The molecule has 1 fully saturated rings. The summed E-state index contributed by atoms with van der Waals surface area (Å²) in [5.41, 5.74) is 0. The average molecular weight is 224 g/mol. The topological polar surface area (TPSA) is 54.2 Å². The normalized spacial score (nSPS) is 21.8. The highest BCUT2D eigenvalue weighted by Gasteiger charge is 2.23. The summed E-state index contributed by atoms with van der Waals surface area (Å²) in [5, 5.41) is 7.01. The van der Waals surface area contributed by atoms with Gasteiger partial charge in [0.15, 0.2) is 5.82 Å². The summed E-state index contributed by atoms with van der Waals surface area (Å²) in [6.07, 6.45) is 2.20. The lowest BCUT2D eigenvalue weighted by molar-refractivity contribution is 0.337. The van der Waals surface area contributed by atoms with E-state index in [1.165, 1.54) is 19.5 Å². The van der Waals surface area contributed by atoms with Crippen molar-refractivity contribution in [1.82, 2.24) is 20.4 Å². The predicted octanol–water partition coefficient (Wildman–Crippen LogP) is 0.673. The van der Waals surface area contributed by atoms with Crippen LogP contribution in [0, 0.1) is 5.92 Å². The van der Waals surface area contributed by atoms with Gasteiger partial charge in [0.2, 0.25) is 5.89 Å². The molecule has 1 saturated heterocycles. The number of aromatic nitrogens is 2. The Labute approximate surface area is 96.2 Å². The Kier molecular flexibility index (Phi) is 3.90. The van der Waals surface area contributed by atoms with Gasteiger partial charge in [0.25, 0.3) is 0 Å². The van der Waals surface area contributed by atoms with Crippen molar-refractivity contribution in [1.29, 1.82) is 0 Å². The Hall–Kier alpha value is -0.940. The maximum Gasteiger partial charge on any atom is 0.240 e. The van der Waals surface area contributed by atoms with Gasteiger partial charge in [-0.15, -0.1) is 0 Å². The van der Waals surface area contributed by atoms with Crippen LogP contribution in [0.1, 0.15) is 25.1 Å². The number of hydrogen-bond donors (Lipinski definition) is 1. The molecular weight excluding hydrogens is 204 g/mol. The Morgan fingerprint density at radius 1 is 1.56 bits per heavy atom. The van der Waals surface area contributed by atoms with Crippen LogP contribution in [0.3, 0.4) is 0 Å². The minimum absolute atomic E-state index is 0.652. The summed E-state index contributed by atoms with van der Waals surface area (Å²) in [7, 11) is 1.87. The quantitative estimate of drug-likeness (QED) is 0.797. The van der Waals surface area contributed by atoms with Gasteiger partial charge in [-0.2, -0.15) is 4.98 Å². The van der Waals surface area contributed by atoms with E-state index in [2.05, 4.69) is 27.3 Å². The van der Waals surface area contributed by atoms with Crippen LogP contribution in [-0.2, 0) is 13.0 Å². The maximum absolute atomic E-state index is 5.13. The van der Waals surface area contributed by atoms with E-state index in [0.29, 0.717) is 18.4 Å². The molecule has 5 nitrogen and oxygen atoms in total. The summed E-state index contributed by atoms with van der Waals surface area (Å²) < 4.78 is 5.13. The van der Waals surface area contributed by atoms with Crippen LogP contribution in [0.2, 0.25) is 0 Å². The third kappa shape index (κ3) is 2.80. The summed E-state index contributed by atoms with van der Waals surface area (Å²) in [6, 6.07) is 0. The number of nitrogens with zero attached hydrogens (tertiary/aromatic N) is 3. The molecule has 1 aromatic heterocycles. The zero-order valence-corrected chi connectivity index (χ0v) is 10.1. The van der Waals surface area contributed by atoms with Gasteiger partial charge in [0.05, 0.1) is 6.54 Å². The molecule has 0 aromatic carbocycles. The summed E-state index contributed by atoms with van der Waals surface area (Å²) in [5.74, 6) is 2.23. The number of likely N-dealkylation sites (tertiary alicyclic amines) is 1. The molecule has 1 N–H and O–H groups in total. The van der Waals surface area contributed by atoms with Crippen LogP contribution in [-0.4, -0.2) is 41.7 Å². The van der Waals surface area contributed by atoms with Gasteiger partial charge < -0.3 is 14.7 Å². The first kappa shape index (κ1) is 11.5. The molecule has 2 rings (SSSR count). The highest BCUT2D eigenvalue weighted by atomic mass is 16.5. The standard InChI is InChI=1S/C11H20N4O/c1-3-15-5-4-9(8-15)6-10-13-11(7-12-2)16-14-10/h9,12H,3-8H2,1-2H3. The Morgan fingerprint density at radius 3 is 3.12 bits per heavy atom. The number of hydrogen-bond acceptors (Lipinski definition) is 5. The van der Waals surface area contributed by atoms with Gasteiger partial charge in [-0.1, -0.05) is 12.1 Å². The Balaban J connectivity index is 1.84. The summed E-state index contributed by atoms with van der Waals surface area (Å²) >= 11 is 0. The van der Waals surface area contributed by atoms with E-state index < -0.39 is 0 Å². The molecule has 0 radical (unpaired) electrons. The minimum atomic E-state index is 0.652. The molecule has 1 aliphatic rings. The second-order valence-corrected chi connectivity index (χ2v) is 4.39. The van der Waals surface area contributed by atoms with E-state index in [1.54, 1.807) is 0 Å². The lowest BCUT2D eigenvalue weighted by Crippen LogP contribution is -2.20. The molecule has 0 spiro atoms. The summed E-state index contributed by atoms with van der Waals surface area (Å²) in [4.78, 5) is 6.83. The van der Waals surface area contributed by atoms with E-state index >= 15 is 0 Å². The van der Waals surface area contributed by atoms with Crippen LogP contribution in [0.15, 0.2) is 4.52 Å². The van der Waals surface area contributed by atoms with Gasteiger partial charge in [-0.3, -0.25) is 0 Å². The SMILES string of the molecule is CCN1CCC(Cc2noc(CNC)n2)C1. The average Bonchev–Trinajstić information content (AvgIpc) is 2.89. The van der Waals surface area contributed by atoms with Gasteiger partial charge in [0, 0.05) is 13.0 Å². The zero-order chi connectivity index (χ0) is 11.4. The smallest absolute Gasteiger partial charge is 0.240 e. The molecule has 0 saturated carbocycles. The molecule has 1 aliphatic heterocycles. The molecular formula is C11H20N4O. The Bertz CT molecular complexity index is 326. The molecule has 1 atom stereocenters. The first-order chi connectivity index (χ1) is 7.81. The van der Waals surface area contributed by atoms with Crippen molar-refractivity contribution in [2.24, 2.45) is 5.92 Å². The van der Waals surface area contributed by atoms with Crippen molar-refractivity contribution in [3.63, 3.8) is 0 Å². The van der Waals surface area contributed by atoms with Crippen LogP contribution in [0.25, 0.3) is 0 Å². The van der Waals surface area contributed by atoms with Crippen LogP contribution in [0.4, 0.5) is 0 Å². The Morgan fingerprint density at radius 2 is 2.44 bits per heavy atom. The fraction of sp³-hybridized carbons (Fsp3) is 0.818. The van der Waals surface area contributed by atoms with Gasteiger partial charge in [-0.25, -0.2) is 0 Å². The molecule has 1 aromatic rings. The molecule has 5 heteroatoms. The van der Waals surface area contributed by atoms with Gasteiger partial charge in [-0.05, 0) is 32.5 Å². The molecule has 90 valence electrons. The van der Waals surface area contributed by atoms with Crippen LogP contribution >= 0.6 is 0 Å². The van der Waals surface area contributed by atoms with Crippen molar-refractivity contribution in [2.45, 2.75) is 26.3 Å². The monoisotopic (exact) mass is 224 g/mol. The van der Waals surface area contributed by atoms with E-state index in [1.807, 2.05) is 7.05 Å². The van der Waals surface area contributed by atoms with Gasteiger partial charge in [0.1, 0.15) is 0 Å². The number of nitrogens with one attached hydrogen (secondary N) is 1. The minimum Gasteiger partial charge on any atom is -0.338 e. The van der Waals surface area contributed by atoms with Crippen molar-refractivity contribution >= 4 is 0 Å². The first-order valence-electron chi connectivity index (χ1n) is 6.00. The largest absolute Gasteiger partial charge is 0.338 e. The van der Waals surface area contributed by atoms with Crippen molar-refractivity contribution in [3.05, 3.63) is 11.7 Å².